The molecule has 0 saturated heterocycles. The first-order valence-corrected chi connectivity index (χ1v) is 22.3. The van der Waals surface area contributed by atoms with Crippen LogP contribution < -0.4 is 120 Å². The number of hydrogen-bond donors (Lipinski definition) is 2. The van der Waals surface area contributed by atoms with E-state index in [1.54, 1.807) is 30.3 Å². The van der Waals surface area contributed by atoms with Gasteiger partial charge in [0, 0.05) is 23.9 Å². The van der Waals surface area contributed by atoms with Gasteiger partial charge in [0.2, 0.25) is 5.91 Å². The summed E-state index contributed by atoms with van der Waals surface area (Å²) in [4.78, 5) is 21.2. The number of anilines is 2. The minimum atomic E-state index is -5.56. The normalized spacial score (nSPS) is 11.4. The number of nitrogens with one attached hydrogen (secondary N) is 2. The third kappa shape index (κ3) is 14.0. The summed E-state index contributed by atoms with van der Waals surface area (Å²) in [6.07, 6.45) is 0. The zero-order chi connectivity index (χ0) is 47.2. The second-order valence-corrected chi connectivity index (χ2v) is 17.8. The number of carbonyl (C=O) groups is 2. The van der Waals surface area contributed by atoms with E-state index in [0.717, 1.165) is 37.3 Å². The molecule has 2 N–H and O–H groups in total. The summed E-state index contributed by atoms with van der Waals surface area (Å²) in [6, 6.07) is 21.5. The zero-order valence-electron chi connectivity index (χ0n) is 36.1. The summed E-state index contributed by atoms with van der Waals surface area (Å²) in [6.45, 7) is 0.983. The minimum Gasteiger partial charge on any atom is -0.871 e. The van der Waals surface area contributed by atoms with Crippen LogP contribution in [0.3, 0.4) is 0 Å². The van der Waals surface area contributed by atoms with Crippen molar-refractivity contribution in [2.75, 3.05) is 10.6 Å². The molecule has 0 aromatic heterocycles. The molecule has 0 heterocycles. The standard InChI is InChI=1S/C41H30N6O15S3.2Cu.3Na/c1-20(48)42-31-19-27(63(54,55)56)14-25-18-35(65(60,61)62)38(40(52)36(25)31)47-45-30-12-8-23(16-33(30)50)22-7-11-29(32(49)15-22)44-46-37-34(64(57,58)59)17-24-13-26(9-10-28(24)39(37)51)43-41(53)21-5-3-2-4-6-21;;;;;/h2-19,49-52H,1H3,(H,42,48)(H,43,53)(H,54,55,56)(H,57,58,59)(H,60,61,62);;;;;/q;2*+2;3*+1/p-7. The van der Waals surface area contributed by atoms with Gasteiger partial charge in [-0.1, -0.05) is 71.5 Å². The van der Waals surface area contributed by atoms with Crippen LogP contribution in [0.5, 0.6) is 23.0 Å². The van der Waals surface area contributed by atoms with E-state index in [4.69, 9.17) is 0 Å². The van der Waals surface area contributed by atoms with Crippen LogP contribution in [0.15, 0.2) is 144 Å². The SMILES string of the molecule is CC(=O)Nc1cc(S(=O)(=O)[O-])cc2cc(S(=O)(=O)[O-])c(N=Nc3ccc(-c4ccc(N=Nc5c(S(=O)(=O)[O-])cc6cc(NC(=O)c7ccccc7)ccc6c5[O-])c([O-])c4)cc3[O-])c([O-])c12.[Cu+2].[Cu+2].[Na+].[Na+].[Na+]. The molecular formula is C41H23Cu2N6Na3O15S3. The number of azo groups is 2. The second-order valence-electron chi connectivity index (χ2n) is 13.7. The van der Waals surface area contributed by atoms with Crippen molar-refractivity contribution in [2.24, 2.45) is 20.5 Å². The molecule has 29 heteroatoms. The Labute approximate surface area is 485 Å². The van der Waals surface area contributed by atoms with E-state index in [1.165, 1.54) is 30.3 Å². The van der Waals surface area contributed by atoms with Gasteiger partial charge in [-0.25, -0.2) is 25.3 Å². The van der Waals surface area contributed by atoms with Crippen molar-refractivity contribution in [3.8, 4) is 34.1 Å². The summed E-state index contributed by atoms with van der Waals surface area (Å²) in [5.74, 6) is -5.44. The summed E-state index contributed by atoms with van der Waals surface area (Å²) < 4.78 is 109. The van der Waals surface area contributed by atoms with E-state index in [9.17, 15) is 68.9 Å². The van der Waals surface area contributed by atoms with E-state index in [0.29, 0.717) is 23.8 Å². The van der Waals surface area contributed by atoms with Crippen LogP contribution >= 0.6 is 0 Å². The van der Waals surface area contributed by atoms with Gasteiger partial charge in [0.05, 0.1) is 37.4 Å². The number of rotatable bonds is 11. The molecule has 0 spiro atoms. The van der Waals surface area contributed by atoms with Gasteiger partial charge in [-0.05, 0) is 93.3 Å². The van der Waals surface area contributed by atoms with Gasteiger partial charge in [0.15, 0.2) is 0 Å². The summed E-state index contributed by atoms with van der Waals surface area (Å²) in [5, 5.41) is 71.4. The van der Waals surface area contributed by atoms with E-state index in [-0.39, 0.29) is 150 Å². The van der Waals surface area contributed by atoms with E-state index >= 15 is 0 Å². The van der Waals surface area contributed by atoms with Gasteiger partial charge < -0.3 is 44.7 Å². The smallest absolute Gasteiger partial charge is 0.871 e. The van der Waals surface area contributed by atoms with Crippen LogP contribution in [0.2, 0.25) is 0 Å². The number of amides is 2. The molecule has 0 fully saturated rings. The van der Waals surface area contributed by atoms with Crippen molar-refractivity contribution in [3.63, 3.8) is 0 Å². The van der Waals surface area contributed by atoms with Crippen LogP contribution in [0.4, 0.5) is 34.1 Å². The van der Waals surface area contributed by atoms with E-state index in [2.05, 4.69) is 31.1 Å². The van der Waals surface area contributed by atoms with Crippen molar-refractivity contribution < 1.29 is 192 Å². The van der Waals surface area contributed by atoms with Crippen LogP contribution in [0, 0.1) is 0 Å². The monoisotopic (exact) mass is 1130 g/mol. The molecule has 70 heavy (non-hydrogen) atoms. The molecule has 7 aromatic carbocycles. The number of benzene rings is 7. The number of nitrogens with zero attached hydrogens (tertiary/aromatic N) is 4. The van der Waals surface area contributed by atoms with Crippen LogP contribution in [0.25, 0.3) is 32.7 Å². The summed E-state index contributed by atoms with van der Waals surface area (Å²) in [7, 11) is -16.1. The topological polar surface area (TPSA) is 371 Å². The molecule has 0 aliphatic rings. The molecule has 0 bridgehead atoms. The average Bonchev–Trinajstić information content (AvgIpc) is 3.22. The van der Waals surface area contributed by atoms with E-state index < -0.39 is 119 Å². The average molecular weight is 1130 g/mol. The predicted molar refractivity (Wildman–Crippen MR) is 218 cm³/mol. The zero-order valence-corrected chi connectivity index (χ0v) is 46.5. The van der Waals surface area contributed by atoms with Crippen LogP contribution in [-0.2, 0) is 69.3 Å². The molecule has 7 aromatic rings. The maximum absolute atomic E-state index is 13.6. The molecule has 21 nitrogen and oxygen atoms in total. The first-order valence-electron chi connectivity index (χ1n) is 18.1. The van der Waals surface area contributed by atoms with Crippen LogP contribution in [0.1, 0.15) is 17.3 Å². The fourth-order valence-electron chi connectivity index (χ4n) is 6.42. The first kappa shape index (κ1) is 62.3. The first-order chi connectivity index (χ1) is 30.5. The van der Waals surface area contributed by atoms with Crippen molar-refractivity contribution >= 4 is 97.8 Å². The number of fused-ring (bicyclic) bond motifs is 2. The molecule has 0 saturated carbocycles. The predicted octanol–water partition coefficient (Wildman–Crippen LogP) is -4.28. The molecule has 0 aliphatic heterocycles. The molecule has 2 radical (unpaired) electrons. The number of hydrogen-bond acceptors (Lipinski definition) is 19. The Morgan fingerprint density at radius 1 is 0.529 bits per heavy atom. The van der Waals surface area contributed by atoms with Gasteiger partial charge in [-0.3, -0.25) is 9.59 Å². The Kier molecular flexibility index (Phi) is 22.0. The molecule has 2 amide bonds. The van der Waals surface area contributed by atoms with Crippen LogP contribution in [-0.4, -0.2) is 50.7 Å². The third-order valence-electron chi connectivity index (χ3n) is 9.34. The summed E-state index contributed by atoms with van der Waals surface area (Å²) in [5.41, 5.74) is -2.75. The molecule has 0 unspecified atom stereocenters. The summed E-state index contributed by atoms with van der Waals surface area (Å²) >= 11 is 0. The third-order valence-corrected chi connectivity index (χ3v) is 11.8. The fourth-order valence-corrected chi connectivity index (χ4v) is 8.23. The fraction of sp³-hybridized carbons (Fsp3) is 0.0244. The van der Waals surface area contributed by atoms with Crippen molar-refractivity contribution in [2.45, 2.75) is 21.6 Å². The number of carbonyl (C=O) groups excluding carboxylic acids is 2. The quantitative estimate of drug-likeness (QED) is 0.0703. The van der Waals surface area contributed by atoms with Gasteiger partial charge >= 0.3 is 123 Å². The second kappa shape index (κ2) is 24.7. The van der Waals surface area contributed by atoms with Crippen molar-refractivity contribution in [3.05, 3.63) is 115 Å². The van der Waals surface area contributed by atoms with Gasteiger partial charge in [0.25, 0.3) is 5.91 Å². The Bertz CT molecular complexity index is 3600. The largest absolute Gasteiger partial charge is 2.00 e. The van der Waals surface area contributed by atoms with E-state index in [1.807, 2.05) is 0 Å². The molecule has 0 aliphatic carbocycles. The maximum atomic E-state index is 13.6. The van der Waals surface area contributed by atoms with Crippen molar-refractivity contribution in [1.29, 1.82) is 0 Å². The Hall–Kier alpha value is -3.83. The van der Waals surface area contributed by atoms with Crippen molar-refractivity contribution in [1.82, 2.24) is 0 Å². The Morgan fingerprint density at radius 3 is 1.50 bits per heavy atom. The molecule has 350 valence electrons. The minimum absolute atomic E-state index is 0. The van der Waals surface area contributed by atoms with Gasteiger partial charge in [-0.15, -0.1) is 10.2 Å². The maximum Gasteiger partial charge on any atom is 2.00 e. The Morgan fingerprint density at radius 2 is 1.03 bits per heavy atom. The van der Waals surface area contributed by atoms with Gasteiger partial charge in [-0.2, -0.15) is 10.2 Å². The molecular weight excluding hydrogens is 1110 g/mol. The molecule has 0 atom stereocenters. The molecule has 7 rings (SSSR count). The Balaban J connectivity index is 0.00000336. The van der Waals surface area contributed by atoms with Gasteiger partial charge in [0.1, 0.15) is 30.4 Å².